The molecule has 13 heavy (non-hydrogen) atoms. The van der Waals surface area contributed by atoms with Crippen LogP contribution in [-0.4, -0.2) is 31.2 Å². The van der Waals surface area contributed by atoms with Gasteiger partial charge in [0.2, 0.25) is 5.91 Å². The smallest absolute Gasteiger partial charge is 0.422 e. The summed E-state index contributed by atoms with van der Waals surface area (Å²) in [5.41, 5.74) is 0. The lowest BCUT2D eigenvalue weighted by atomic mass is 10.6. The third-order valence-electron chi connectivity index (χ3n) is 0.878. The Morgan fingerprint density at radius 1 is 1.38 bits per heavy atom. The van der Waals surface area contributed by atoms with E-state index >= 15 is 0 Å². The first kappa shape index (κ1) is 11.7. The number of hydrogen-bond acceptors (Lipinski definition) is 3. The third-order valence-corrected chi connectivity index (χ3v) is 0.878. The Kier molecular flexibility index (Phi) is 4.22. The molecular formula is C6H8F3NO3. The number of ether oxygens (including phenoxy) is 1. The molecule has 0 aliphatic rings. The Balaban J connectivity index is 3.58. The van der Waals surface area contributed by atoms with Crippen molar-refractivity contribution in [1.29, 1.82) is 0 Å². The van der Waals surface area contributed by atoms with E-state index in [0.29, 0.717) is 0 Å². The Morgan fingerprint density at radius 2 is 1.92 bits per heavy atom. The highest BCUT2D eigenvalue weighted by Crippen LogP contribution is 2.14. The summed E-state index contributed by atoms with van der Waals surface area (Å²) >= 11 is 0. The Hall–Kier alpha value is -1.27. The van der Waals surface area contributed by atoms with Gasteiger partial charge in [0, 0.05) is 6.92 Å². The molecule has 0 aromatic rings. The molecule has 0 rings (SSSR count). The number of hydrogen-bond donors (Lipinski definition) is 1. The summed E-state index contributed by atoms with van der Waals surface area (Å²) in [6.07, 6.45) is -4.54. The molecule has 0 saturated carbocycles. The topological polar surface area (TPSA) is 55.4 Å². The number of esters is 1. The zero-order valence-corrected chi connectivity index (χ0v) is 6.77. The molecule has 7 heteroatoms. The standard InChI is InChI=1S/C6H8F3NO3/c1-4(11)10-2-5(12)13-3-6(7,8)9/h2-3H2,1H3,(H,10,11). The second kappa shape index (κ2) is 4.68. The predicted octanol–water partition coefficient (Wildman–Crippen LogP) is 0.228. The van der Waals surface area contributed by atoms with E-state index in [-0.39, 0.29) is 0 Å². The highest BCUT2D eigenvalue weighted by Gasteiger charge is 2.29. The largest absolute Gasteiger partial charge is 0.455 e. The molecule has 0 radical (unpaired) electrons. The van der Waals surface area contributed by atoms with Crippen molar-refractivity contribution in [3.05, 3.63) is 0 Å². The quantitative estimate of drug-likeness (QED) is 0.662. The van der Waals surface area contributed by atoms with Gasteiger partial charge in [-0.15, -0.1) is 0 Å². The van der Waals surface area contributed by atoms with Gasteiger partial charge in [-0.25, -0.2) is 0 Å². The van der Waals surface area contributed by atoms with Crippen LogP contribution in [0.5, 0.6) is 0 Å². The van der Waals surface area contributed by atoms with Crippen molar-refractivity contribution in [1.82, 2.24) is 5.32 Å². The second-order valence-corrected chi connectivity index (χ2v) is 2.19. The maximum absolute atomic E-state index is 11.5. The van der Waals surface area contributed by atoms with Gasteiger partial charge in [-0.3, -0.25) is 9.59 Å². The lowest BCUT2D eigenvalue weighted by molar-refractivity contribution is -0.185. The van der Waals surface area contributed by atoms with Gasteiger partial charge in [0.25, 0.3) is 0 Å². The number of carbonyl (C=O) groups is 2. The average molecular weight is 199 g/mol. The maximum atomic E-state index is 11.5. The van der Waals surface area contributed by atoms with E-state index in [0.717, 1.165) is 6.92 Å². The van der Waals surface area contributed by atoms with Crippen LogP contribution in [0.2, 0.25) is 0 Å². The van der Waals surface area contributed by atoms with E-state index in [4.69, 9.17) is 0 Å². The van der Waals surface area contributed by atoms with E-state index in [1.54, 1.807) is 0 Å². The molecule has 0 bridgehead atoms. The molecule has 1 N–H and O–H groups in total. The van der Waals surface area contributed by atoms with E-state index in [1.165, 1.54) is 0 Å². The highest BCUT2D eigenvalue weighted by molar-refractivity contribution is 5.80. The van der Waals surface area contributed by atoms with Crippen LogP contribution in [0.4, 0.5) is 13.2 Å². The fourth-order valence-corrected chi connectivity index (χ4v) is 0.410. The molecule has 1 amide bonds. The summed E-state index contributed by atoms with van der Waals surface area (Å²) in [6, 6.07) is 0. The molecule has 76 valence electrons. The van der Waals surface area contributed by atoms with Crippen molar-refractivity contribution in [2.24, 2.45) is 0 Å². The minimum Gasteiger partial charge on any atom is -0.455 e. The van der Waals surface area contributed by atoms with Gasteiger partial charge in [-0.05, 0) is 0 Å². The molecule has 0 unspecified atom stereocenters. The summed E-state index contributed by atoms with van der Waals surface area (Å²) < 4.78 is 38.1. The Labute approximate surface area is 72.0 Å². The zero-order valence-electron chi connectivity index (χ0n) is 6.77. The lowest BCUT2D eigenvalue weighted by Crippen LogP contribution is -2.30. The summed E-state index contributed by atoms with van der Waals surface area (Å²) in [5, 5.41) is 2.00. The molecule has 0 spiro atoms. The van der Waals surface area contributed by atoms with Crippen molar-refractivity contribution >= 4 is 11.9 Å². The lowest BCUT2D eigenvalue weighted by Gasteiger charge is -2.07. The van der Waals surface area contributed by atoms with Gasteiger partial charge < -0.3 is 10.1 Å². The normalized spacial score (nSPS) is 10.8. The fraction of sp³-hybridized carbons (Fsp3) is 0.667. The highest BCUT2D eigenvalue weighted by atomic mass is 19.4. The van der Waals surface area contributed by atoms with Gasteiger partial charge in [0.1, 0.15) is 6.54 Å². The number of amides is 1. The van der Waals surface area contributed by atoms with E-state index in [9.17, 15) is 22.8 Å². The number of carbonyl (C=O) groups excluding carboxylic acids is 2. The van der Waals surface area contributed by atoms with Crippen molar-refractivity contribution in [2.75, 3.05) is 13.2 Å². The van der Waals surface area contributed by atoms with E-state index in [2.05, 4.69) is 4.74 Å². The molecule has 0 fully saturated rings. The van der Waals surface area contributed by atoms with Gasteiger partial charge in [-0.2, -0.15) is 13.2 Å². The number of alkyl halides is 3. The molecule has 0 aromatic carbocycles. The first-order chi connectivity index (χ1) is 5.81. The van der Waals surface area contributed by atoms with Crippen molar-refractivity contribution in [2.45, 2.75) is 13.1 Å². The average Bonchev–Trinajstić information content (AvgIpc) is 1.95. The van der Waals surface area contributed by atoms with Crippen LogP contribution in [0.15, 0.2) is 0 Å². The monoisotopic (exact) mass is 199 g/mol. The molecule has 0 aromatic heterocycles. The SMILES string of the molecule is CC(=O)NCC(=O)OCC(F)(F)F. The van der Waals surface area contributed by atoms with Crippen LogP contribution in [0.1, 0.15) is 6.92 Å². The van der Waals surface area contributed by atoms with Crippen LogP contribution in [0.25, 0.3) is 0 Å². The van der Waals surface area contributed by atoms with E-state index in [1.807, 2.05) is 5.32 Å². The summed E-state index contributed by atoms with van der Waals surface area (Å²) in [5.74, 6) is -1.63. The van der Waals surface area contributed by atoms with Gasteiger partial charge in [-0.1, -0.05) is 0 Å². The molecule has 0 saturated heterocycles. The number of rotatable bonds is 3. The first-order valence-corrected chi connectivity index (χ1v) is 3.28. The predicted molar refractivity (Wildman–Crippen MR) is 35.7 cm³/mol. The Bertz CT molecular complexity index is 202. The van der Waals surface area contributed by atoms with Crippen molar-refractivity contribution in [3.8, 4) is 0 Å². The molecule has 0 heterocycles. The maximum Gasteiger partial charge on any atom is 0.422 e. The molecular weight excluding hydrogens is 191 g/mol. The summed E-state index contributed by atoms with van der Waals surface area (Å²) in [4.78, 5) is 20.7. The van der Waals surface area contributed by atoms with Gasteiger partial charge in [0.05, 0.1) is 0 Å². The van der Waals surface area contributed by atoms with Crippen LogP contribution >= 0.6 is 0 Å². The molecule has 0 atom stereocenters. The first-order valence-electron chi connectivity index (χ1n) is 3.28. The minimum atomic E-state index is -4.54. The molecule has 0 aliphatic carbocycles. The number of nitrogens with one attached hydrogen (secondary N) is 1. The van der Waals surface area contributed by atoms with E-state index < -0.39 is 31.2 Å². The fourth-order valence-electron chi connectivity index (χ4n) is 0.410. The van der Waals surface area contributed by atoms with Gasteiger partial charge >= 0.3 is 12.1 Å². The summed E-state index contributed by atoms with van der Waals surface area (Å²) in [6.45, 7) is -1.05. The minimum absolute atomic E-state index is 0.510. The van der Waals surface area contributed by atoms with Crippen molar-refractivity contribution in [3.63, 3.8) is 0 Å². The summed E-state index contributed by atoms with van der Waals surface area (Å²) in [7, 11) is 0. The molecule has 4 nitrogen and oxygen atoms in total. The van der Waals surface area contributed by atoms with Crippen molar-refractivity contribution < 1.29 is 27.5 Å². The van der Waals surface area contributed by atoms with Gasteiger partial charge in [0.15, 0.2) is 6.61 Å². The molecule has 0 aliphatic heterocycles. The third kappa shape index (κ3) is 8.64. The van der Waals surface area contributed by atoms with Crippen LogP contribution in [0, 0.1) is 0 Å². The Morgan fingerprint density at radius 3 is 2.31 bits per heavy atom. The van der Waals surface area contributed by atoms with Crippen LogP contribution in [0.3, 0.4) is 0 Å². The second-order valence-electron chi connectivity index (χ2n) is 2.19. The van der Waals surface area contributed by atoms with Crippen LogP contribution in [-0.2, 0) is 14.3 Å². The number of halogens is 3. The van der Waals surface area contributed by atoms with Crippen LogP contribution < -0.4 is 5.32 Å². The zero-order chi connectivity index (χ0) is 10.5.